The van der Waals surface area contributed by atoms with E-state index in [2.05, 4.69) is 26.6 Å². The number of amides is 5. The highest BCUT2D eigenvalue weighted by molar-refractivity contribution is 6.30. The van der Waals surface area contributed by atoms with E-state index < -0.39 is 48.4 Å². The van der Waals surface area contributed by atoms with E-state index in [0.29, 0.717) is 79.7 Å². The number of benzene rings is 2. The van der Waals surface area contributed by atoms with Gasteiger partial charge in [-0.25, -0.2) is 0 Å². The summed E-state index contributed by atoms with van der Waals surface area (Å²) in [4.78, 5) is 93.0. The molecule has 7 N–H and O–H groups in total. The second kappa shape index (κ2) is 18.6. The first-order valence-corrected chi connectivity index (χ1v) is 18.5. The Balaban J connectivity index is 1.29. The van der Waals surface area contributed by atoms with Gasteiger partial charge >= 0.3 is 0 Å². The second-order valence-corrected chi connectivity index (χ2v) is 14.6. The van der Waals surface area contributed by atoms with E-state index in [4.69, 9.17) is 5.73 Å². The lowest BCUT2D eigenvalue weighted by atomic mass is 9.83. The van der Waals surface area contributed by atoms with Crippen molar-refractivity contribution in [2.24, 2.45) is 17.6 Å². The Hall–Kier alpha value is -5.11. The van der Waals surface area contributed by atoms with Crippen molar-refractivity contribution in [2.75, 3.05) is 31.5 Å². The molecule has 14 heteroatoms. The molecule has 1 aliphatic heterocycles. The van der Waals surface area contributed by atoms with Crippen LogP contribution in [-0.4, -0.2) is 96.3 Å². The number of likely N-dealkylation sites (tertiary alicyclic amines) is 1. The van der Waals surface area contributed by atoms with Crippen LogP contribution in [0.5, 0.6) is 0 Å². The van der Waals surface area contributed by atoms with E-state index in [0.717, 1.165) is 0 Å². The van der Waals surface area contributed by atoms with Crippen molar-refractivity contribution in [1.82, 2.24) is 26.2 Å². The summed E-state index contributed by atoms with van der Waals surface area (Å²) in [6.07, 6.45) is 2.30. The molecular weight excluding hydrogens is 678 g/mol. The van der Waals surface area contributed by atoms with E-state index >= 15 is 0 Å². The molecule has 14 nitrogen and oxygen atoms in total. The van der Waals surface area contributed by atoms with Crippen molar-refractivity contribution in [3.05, 3.63) is 64.7 Å². The molecule has 53 heavy (non-hydrogen) atoms. The third kappa shape index (κ3) is 10.5. The molecule has 4 atom stereocenters. The third-order valence-electron chi connectivity index (χ3n) is 9.28. The normalized spacial score (nSPS) is 16.7. The van der Waals surface area contributed by atoms with Gasteiger partial charge in [0, 0.05) is 42.0 Å². The predicted molar refractivity (Wildman–Crippen MR) is 200 cm³/mol. The van der Waals surface area contributed by atoms with Crippen LogP contribution in [0.2, 0.25) is 0 Å². The number of hydrogen-bond acceptors (Lipinski definition) is 9. The van der Waals surface area contributed by atoms with Crippen LogP contribution in [0.4, 0.5) is 5.69 Å². The monoisotopic (exact) mass is 731 g/mol. The molecule has 1 fully saturated rings. The number of rotatable bonds is 17. The lowest BCUT2D eigenvalue weighted by Gasteiger charge is -2.29. The maximum Gasteiger partial charge on any atom is 0.245 e. The zero-order valence-electron chi connectivity index (χ0n) is 31.3. The minimum absolute atomic E-state index is 0.0449. The standard InChI is InChI=1S/C39H53N7O7/c1-22(2)19-29(45-36(50)24(5)40)37(51)43-21-32(47)44-30(20-23(3)4)39(53)46-18-9-15-31(46)38(52)42-17-10-16-41-28-14-8-13-27-33(28)35(49)26-12-7-6-11-25(26)34(27)48/h6-8,11-14,22-24,29-31,41H,9-10,15-21,40H2,1-5H3,(H,42,52)(H,43,51)(H,44,47)(H,45,50)/t24-,29-,30-,31-/m0/s1. The van der Waals surface area contributed by atoms with Gasteiger partial charge in [-0.3, -0.25) is 33.6 Å². The van der Waals surface area contributed by atoms with Gasteiger partial charge in [-0.1, -0.05) is 64.1 Å². The Morgan fingerprint density at radius 2 is 1.42 bits per heavy atom. The number of fused-ring (bicyclic) bond motifs is 2. The van der Waals surface area contributed by atoms with Crippen LogP contribution in [-0.2, 0) is 24.0 Å². The predicted octanol–water partition coefficient (Wildman–Crippen LogP) is 1.90. The number of nitrogens with zero attached hydrogens (tertiary/aromatic N) is 1. The van der Waals surface area contributed by atoms with Crippen LogP contribution in [0.15, 0.2) is 42.5 Å². The van der Waals surface area contributed by atoms with Crippen LogP contribution < -0.4 is 32.3 Å². The quantitative estimate of drug-likeness (QED) is 0.112. The summed E-state index contributed by atoms with van der Waals surface area (Å²) in [6, 6.07) is 8.64. The molecule has 5 amide bonds. The number of anilines is 1. The Bertz CT molecular complexity index is 1710. The van der Waals surface area contributed by atoms with Crippen molar-refractivity contribution in [3.8, 4) is 0 Å². The Kier molecular flexibility index (Phi) is 14.3. The van der Waals surface area contributed by atoms with Gasteiger partial charge in [0.2, 0.25) is 29.5 Å². The van der Waals surface area contributed by atoms with Crippen molar-refractivity contribution in [1.29, 1.82) is 0 Å². The van der Waals surface area contributed by atoms with Gasteiger partial charge in [0.1, 0.15) is 18.1 Å². The minimum atomic E-state index is -0.903. The smallest absolute Gasteiger partial charge is 0.245 e. The molecule has 0 unspecified atom stereocenters. The average Bonchev–Trinajstić information content (AvgIpc) is 3.61. The first-order chi connectivity index (χ1) is 25.2. The summed E-state index contributed by atoms with van der Waals surface area (Å²) < 4.78 is 0. The van der Waals surface area contributed by atoms with E-state index in [1.165, 1.54) is 11.8 Å². The van der Waals surface area contributed by atoms with Gasteiger partial charge < -0.3 is 37.2 Å². The summed E-state index contributed by atoms with van der Waals surface area (Å²) in [5.74, 6) is -2.52. The fraction of sp³-hybridized carbons (Fsp3) is 0.513. The molecule has 0 spiro atoms. The fourth-order valence-electron chi connectivity index (χ4n) is 6.67. The first-order valence-electron chi connectivity index (χ1n) is 18.5. The van der Waals surface area contributed by atoms with Crippen molar-refractivity contribution >= 4 is 46.8 Å². The number of nitrogens with one attached hydrogen (secondary N) is 5. The van der Waals surface area contributed by atoms with Crippen molar-refractivity contribution < 1.29 is 33.6 Å². The molecular formula is C39H53N7O7. The lowest BCUT2D eigenvalue weighted by Crippen LogP contribution is -2.56. The first kappa shape index (κ1) is 40.7. The van der Waals surface area contributed by atoms with Crippen LogP contribution in [0.1, 0.15) is 98.6 Å². The number of carbonyl (C=O) groups excluding carboxylic acids is 7. The minimum Gasteiger partial charge on any atom is -0.384 e. The number of hydrogen-bond donors (Lipinski definition) is 6. The second-order valence-electron chi connectivity index (χ2n) is 14.6. The van der Waals surface area contributed by atoms with Crippen LogP contribution >= 0.6 is 0 Å². The Labute approximate surface area is 310 Å². The van der Waals surface area contributed by atoms with Gasteiger partial charge in [-0.05, 0) is 56.9 Å². The molecule has 0 bridgehead atoms. The maximum atomic E-state index is 13.8. The van der Waals surface area contributed by atoms with Crippen LogP contribution in [0.25, 0.3) is 0 Å². The third-order valence-corrected chi connectivity index (χ3v) is 9.28. The molecule has 0 saturated carbocycles. The van der Waals surface area contributed by atoms with Gasteiger partial charge in [0.15, 0.2) is 11.6 Å². The van der Waals surface area contributed by atoms with E-state index in [9.17, 15) is 33.6 Å². The van der Waals surface area contributed by atoms with Gasteiger partial charge in [-0.15, -0.1) is 0 Å². The highest BCUT2D eigenvalue weighted by Gasteiger charge is 2.38. The number of ketones is 2. The molecule has 2 aliphatic rings. The Morgan fingerprint density at radius 1 is 0.774 bits per heavy atom. The molecule has 1 saturated heterocycles. The maximum absolute atomic E-state index is 13.8. The lowest BCUT2D eigenvalue weighted by molar-refractivity contribution is -0.141. The largest absolute Gasteiger partial charge is 0.384 e. The summed E-state index contributed by atoms with van der Waals surface area (Å²) >= 11 is 0. The van der Waals surface area contributed by atoms with E-state index in [1.54, 1.807) is 42.5 Å². The van der Waals surface area contributed by atoms with Gasteiger partial charge in [0.25, 0.3) is 0 Å². The molecule has 4 rings (SSSR count). The Morgan fingerprint density at radius 3 is 2.08 bits per heavy atom. The molecule has 286 valence electrons. The summed E-state index contributed by atoms with van der Waals surface area (Å²) in [7, 11) is 0. The van der Waals surface area contributed by atoms with Crippen LogP contribution in [0.3, 0.4) is 0 Å². The highest BCUT2D eigenvalue weighted by atomic mass is 16.2. The molecule has 0 radical (unpaired) electrons. The van der Waals surface area contributed by atoms with Crippen molar-refractivity contribution in [3.63, 3.8) is 0 Å². The number of carbonyl (C=O) groups is 7. The summed E-state index contributed by atoms with van der Waals surface area (Å²) in [5, 5.41) is 14.1. The molecule has 1 heterocycles. The molecule has 0 aromatic heterocycles. The number of nitrogens with two attached hydrogens (primary N) is 1. The fourth-order valence-corrected chi connectivity index (χ4v) is 6.67. The average molecular weight is 732 g/mol. The zero-order valence-corrected chi connectivity index (χ0v) is 31.3. The topological polar surface area (TPSA) is 209 Å². The summed E-state index contributed by atoms with van der Waals surface area (Å²) in [5.41, 5.74) is 7.66. The molecule has 2 aromatic rings. The van der Waals surface area contributed by atoms with E-state index in [1.807, 2.05) is 27.7 Å². The van der Waals surface area contributed by atoms with E-state index in [-0.39, 0.29) is 35.2 Å². The highest BCUT2D eigenvalue weighted by Crippen LogP contribution is 2.32. The molecule has 2 aromatic carbocycles. The van der Waals surface area contributed by atoms with Crippen LogP contribution in [0, 0.1) is 11.8 Å². The summed E-state index contributed by atoms with van der Waals surface area (Å²) in [6.45, 7) is 9.86. The zero-order chi connectivity index (χ0) is 38.8. The van der Waals surface area contributed by atoms with Gasteiger partial charge in [-0.2, -0.15) is 0 Å². The SMILES string of the molecule is CC(C)C[C@H](NC(=O)[C@H](C)N)C(=O)NCC(=O)N[C@@H](CC(C)C)C(=O)N1CCC[C@H]1C(=O)NCCCNc1cccc2c1C(=O)c1ccccc1C2=O. The van der Waals surface area contributed by atoms with Gasteiger partial charge in [0.05, 0.1) is 18.2 Å². The van der Waals surface area contributed by atoms with Crippen molar-refractivity contribution in [2.45, 2.75) is 90.9 Å². The molecule has 1 aliphatic carbocycles.